The fraction of sp³-hybridized carbons (Fsp3) is 0.462. The molecular weight excluding hydrogens is 341 g/mol. The van der Waals surface area contributed by atoms with Crippen LogP contribution in [-0.4, -0.2) is 31.8 Å². The average Bonchev–Trinajstić information content (AvgIpc) is 2.32. The maximum absolute atomic E-state index is 11.8. The van der Waals surface area contributed by atoms with Gasteiger partial charge in [-0.3, -0.25) is 4.79 Å². The summed E-state index contributed by atoms with van der Waals surface area (Å²) in [5.41, 5.74) is 0.435. The zero-order valence-electron chi connectivity index (χ0n) is 10.8. The molecule has 0 saturated heterocycles. The summed E-state index contributed by atoms with van der Waals surface area (Å²) in [5, 5.41) is 0. The quantitative estimate of drug-likeness (QED) is 0.548. The largest absolute Gasteiger partial charge is 0.493 e. The molecule has 1 aromatic carbocycles. The van der Waals surface area contributed by atoms with Crippen LogP contribution in [0.5, 0.6) is 5.75 Å². The number of benzene rings is 1. The molecule has 0 heterocycles. The number of carbonyl (C=O) groups is 1. The van der Waals surface area contributed by atoms with Crippen LogP contribution >= 0.6 is 15.9 Å². The Morgan fingerprint density at radius 3 is 2.60 bits per heavy atom. The van der Waals surface area contributed by atoms with E-state index in [1.807, 2.05) is 0 Å². The molecule has 0 aromatic heterocycles. The maximum Gasteiger partial charge on any atom is 0.411 e. The molecule has 0 bridgehead atoms. The van der Waals surface area contributed by atoms with E-state index in [1.165, 1.54) is 6.92 Å². The first kappa shape index (κ1) is 17.0. The van der Waals surface area contributed by atoms with Crippen molar-refractivity contribution in [3.63, 3.8) is 0 Å². The Bertz CT molecular complexity index is 461. The highest BCUT2D eigenvalue weighted by Crippen LogP contribution is 2.24. The van der Waals surface area contributed by atoms with Crippen LogP contribution in [0.4, 0.5) is 13.2 Å². The summed E-state index contributed by atoms with van der Waals surface area (Å²) in [7, 11) is 0. The second-order valence-electron chi connectivity index (χ2n) is 4.07. The second kappa shape index (κ2) is 7.64. The fourth-order valence-electron chi connectivity index (χ4n) is 1.44. The van der Waals surface area contributed by atoms with Crippen molar-refractivity contribution in [3.05, 3.63) is 28.2 Å². The lowest BCUT2D eigenvalue weighted by atomic mass is 10.1. The normalized spacial score (nSPS) is 11.4. The van der Waals surface area contributed by atoms with Gasteiger partial charge < -0.3 is 9.47 Å². The van der Waals surface area contributed by atoms with Gasteiger partial charge in [0, 0.05) is 10.9 Å². The third-order valence-corrected chi connectivity index (χ3v) is 2.77. The maximum atomic E-state index is 11.8. The van der Waals surface area contributed by atoms with E-state index in [1.54, 1.807) is 18.2 Å². The Hall–Kier alpha value is -1.08. The molecule has 0 fully saturated rings. The van der Waals surface area contributed by atoms with Gasteiger partial charge in [0.15, 0.2) is 5.78 Å². The van der Waals surface area contributed by atoms with Crippen molar-refractivity contribution in [2.24, 2.45) is 0 Å². The molecule has 0 spiro atoms. The van der Waals surface area contributed by atoms with Crippen LogP contribution in [-0.2, 0) is 4.74 Å². The standard InChI is InChI=1S/C13H14BrF3O3/c1-9(18)11-4-3-10(14)7-12(11)20-6-2-5-19-8-13(15,16)17/h3-4,7H,2,5-6,8H2,1H3. The smallest absolute Gasteiger partial charge is 0.411 e. The van der Waals surface area contributed by atoms with E-state index in [9.17, 15) is 18.0 Å². The molecule has 1 rings (SSSR count). The molecule has 0 aliphatic rings. The van der Waals surface area contributed by atoms with Gasteiger partial charge in [0.05, 0.1) is 18.8 Å². The molecule has 0 radical (unpaired) electrons. The van der Waals surface area contributed by atoms with Crippen molar-refractivity contribution in [3.8, 4) is 5.75 Å². The average molecular weight is 355 g/mol. The summed E-state index contributed by atoms with van der Waals surface area (Å²) in [4.78, 5) is 11.4. The van der Waals surface area contributed by atoms with Crippen LogP contribution in [0.3, 0.4) is 0 Å². The van der Waals surface area contributed by atoms with E-state index in [-0.39, 0.29) is 19.0 Å². The molecule has 0 aliphatic heterocycles. The van der Waals surface area contributed by atoms with Gasteiger partial charge in [-0.05, 0) is 25.1 Å². The van der Waals surface area contributed by atoms with Gasteiger partial charge in [-0.2, -0.15) is 13.2 Å². The van der Waals surface area contributed by atoms with Gasteiger partial charge in [-0.25, -0.2) is 0 Å². The number of carbonyl (C=O) groups excluding carboxylic acids is 1. The highest BCUT2D eigenvalue weighted by molar-refractivity contribution is 9.10. The number of Topliss-reactive ketones (excluding diaryl/α,β-unsaturated/α-hetero) is 1. The summed E-state index contributed by atoms with van der Waals surface area (Å²) >= 11 is 3.26. The van der Waals surface area contributed by atoms with Crippen LogP contribution < -0.4 is 4.74 Å². The predicted molar refractivity (Wildman–Crippen MR) is 71.1 cm³/mol. The number of halogens is 4. The Morgan fingerprint density at radius 1 is 1.30 bits per heavy atom. The van der Waals surface area contributed by atoms with Crippen molar-refractivity contribution in [2.75, 3.05) is 19.8 Å². The molecule has 20 heavy (non-hydrogen) atoms. The summed E-state index contributed by atoms with van der Waals surface area (Å²) < 4.78 is 46.1. The van der Waals surface area contributed by atoms with Crippen LogP contribution in [0.25, 0.3) is 0 Å². The molecule has 0 aliphatic carbocycles. The topological polar surface area (TPSA) is 35.5 Å². The highest BCUT2D eigenvalue weighted by Gasteiger charge is 2.27. The lowest BCUT2D eigenvalue weighted by Gasteiger charge is -2.11. The number of ether oxygens (including phenoxy) is 2. The first-order valence-electron chi connectivity index (χ1n) is 5.87. The van der Waals surface area contributed by atoms with Crippen molar-refractivity contribution < 1.29 is 27.4 Å². The molecule has 7 heteroatoms. The van der Waals surface area contributed by atoms with Crippen LogP contribution in [0.2, 0.25) is 0 Å². The van der Waals surface area contributed by atoms with E-state index < -0.39 is 12.8 Å². The lowest BCUT2D eigenvalue weighted by Crippen LogP contribution is -2.18. The van der Waals surface area contributed by atoms with E-state index in [4.69, 9.17) is 4.74 Å². The van der Waals surface area contributed by atoms with Crippen molar-refractivity contribution in [2.45, 2.75) is 19.5 Å². The number of ketones is 1. The minimum Gasteiger partial charge on any atom is -0.493 e. The minimum absolute atomic E-state index is 0.0527. The van der Waals surface area contributed by atoms with E-state index in [0.717, 1.165) is 4.47 Å². The minimum atomic E-state index is -4.31. The fourth-order valence-corrected chi connectivity index (χ4v) is 1.78. The molecule has 0 N–H and O–H groups in total. The second-order valence-corrected chi connectivity index (χ2v) is 4.98. The van der Waals surface area contributed by atoms with Crippen molar-refractivity contribution in [1.29, 1.82) is 0 Å². The molecule has 3 nitrogen and oxygen atoms in total. The molecule has 0 amide bonds. The molecule has 0 atom stereocenters. The summed E-state index contributed by atoms with van der Waals surface area (Å²) in [6.07, 6.45) is -4.01. The summed E-state index contributed by atoms with van der Waals surface area (Å²) in [6.45, 7) is 0.280. The first-order chi connectivity index (χ1) is 9.29. The summed E-state index contributed by atoms with van der Waals surface area (Å²) in [5.74, 6) is 0.267. The Balaban J connectivity index is 2.38. The monoisotopic (exact) mass is 354 g/mol. The zero-order valence-corrected chi connectivity index (χ0v) is 12.4. The predicted octanol–water partition coefficient (Wildman–Crippen LogP) is 4.00. The number of hydrogen-bond donors (Lipinski definition) is 0. The Morgan fingerprint density at radius 2 is 2.00 bits per heavy atom. The van der Waals surface area contributed by atoms with Crippen LogP contribution in [0.15, 0.2) is 22.7 Å². The van der Waals surface area contributed by atoms with Crippen molar-refractivity contribution >= 4 is 21.7 Å². The highest BCUT2D eigenvalue weighted by atomic mass is 79.9. The number of alkyl halides is 3. The number of hydrogen-bond acceptors (Lipinski definition) is 3. The van der Waals surface area contributed by atoms with Crippen LogP contribution in [0.1, 0.15) is 23.7 Å². The lowest BCUT2D eigenvalue weighted by molar-refractivity contribution is -0.174. The SMILES string of the molecule is CC(=O)c1ccc(Br)cc1OCCCOCC(F)(F)F. The third kappa shape index (κ3) is 6.38. The van der Waals surface area contributed by atoms with E-state index in [0.29, 0.717) is 17.7 Å². The van der Waals surface area contributed by atoms with Gasteiger partial charge in [0.25, 0.3) is 0 Å². The number of rotatable bonds is 7. The van der Waals surface area contributed by atoms with Crippen molar-refractivity contribution in [1.82, 2.24) is 0 Å². The molecule has 1 aromatic rings. The molecule has 112 valence electrons. The van der Waals surface area contributed by atoms with Gasteiger partial charge in [-0.15, -0.1) is 0 Å². The van der Waals surface area contributed by atoms with E-state index >= 15 is 0 Å². The molecule has 0 saturated carbocycles. The van der Waals surface area contributed by atoms with Gasteiger partial charge in [0.2, 0.25) is 0 Å². The van der Waals surface area contributed by atoms with Gasteiger partial charge in [0.1, 0.15) is 12.4 Å². The van der Waals surface area contributed by atoms with E-state index in [2.05, 4.69) is 20.7 Å². The van der Waals surface area contributed by atoms with Crippen LogP contribution in [0, 0.1) is 0 Å². The summed E-state index contributed by atoms with van der Waals surface area (Å²) in [6, 6.07) is 4.99. The van der Waals surface area contributed by atoms with Gasteiger partial charge in [-0.1, -0.05) is 15.9 Å². The third-order valence-electron chi connectivity index (χ3n) is 2.28. The Labute approximate surface area is 123 Å². The zero-order chi connectivity index (χ0) is 15.2. The molecule has 0 unspecified atom stereocenters. The Kier molecular flexibility index (Phi) is 6.48. The van der Waals surface area contributed by atoms with Gasteiger partial charge >= 0.3 is 6.18 Å². The molecular formula is C13H14BrF3O3. The first-order valence-corrected chi connectivity index (χ1v) is 6.66.